The predicted octanol–water partition coefficient (Wildman–Crippen LogP) is 2.33. The van der Waals surface area contributed by atoms with Crippen molar-refractivity contribution in [3.63, 3.8) is 0 Å². The van der Waals surface area contributed by atoms with Gasteiger partial charge in [0, 0.05) is 17.5 Å². The van der Waals surface area contributed by atoms with Crippen LogP contribution in [0.3, 0.4) is 0 Å². The van der Waals surface area contributed by atoms with Crippen molar-refractivity contribution in [2.75, 3.05) is 13.6 Å². The molecule has 90 valence electrons. The van der Waals surface area contributed by atoms with Crippen LogP contribution in [0.25, 0.3) is 0 Å². The number of nitrogens with zero attached hydrogens (tertiary/aromatic N) is 1. The van der Waals surface area contributed by atoms with Crippen LogP contribution in [0.1, 0.15) is 18.7 Å². The molecule has 0 aromatic carbocycles. The summed E-state index contributed by atoms with van der Waals surface area (Å²) >= 11 is 1.75. The first kappa shape index (κ1) is 13.2. The summed E-state index contributed by atoms with van der Waals surface area (Å²) in [4.78, 5) is 14.2. The van der Waals surface area contributed by atoms with Crippen molar-refractivity contribution in [2.45, 2.75) is 26.3 Å². The monoisotopic (exact) mass is 241 g/mol. The molecule has 0 aliphatic carbocycles. The molecule has 1 rings (SSSR count). The molecule has 0 saturated carbocycles. The zero-order valence-electron chi connectivity index (χ0n) is 10.0. The second-order valence-electron chi connectivity index (χ2n) is 4.31. The van der Waals surface area contributed by atoms with Crippen LogP contribution in [0.4, 0.5) is 0 Å². The molecule has 0 amide bonds. The standard InChI is InChI=1S/C12H19NO2S/c1-9(12(14)15)8-13(3)10(2)7-11-5-4-6-16-11/h4-6,9-10H,7-8H2,1-3H3,(H,14,15). The van der Waals surface area contributed by atoms with Crippen LogP contribution in [-0.2, 0) is 11.2 Å². The predicted molar refractivity (Wildman–Crippen MR) is 66.9 cm³/mol. The molecule has 0 aliphatic rings. The van der Waals surface area contributed by atoms with E-state index in [9.17, 15) is 4.79 Å². The van der Waals surface area contributed by atoms with Gasteiger partial charge in [-0.05, 0) is 31.8 Å². The minimum atomic E-state index is -0.727. The number of carboxylic acids is 1. The molecule has 1 aromatic rings. The summed E-state index contributed by atoms with van der Waals surface area (Å²) in [5.74, 6) is -1.04. The third-order valence-corrected chi connectivity index (χ3v) is 3.71. The van der Waals surface area contributed by atoms with E-state index in [1.807, 2.05) is 13.1 Å². The fourth-order valence-corrected chi connectivity index (χ4v) is 2.39. The average molecular weight is 241 g/mol. The molecule has 3 nitrogen and oxygen atoms in total. The van der Waals surface area contributed by atoms with E-state index in [2.05, 4.69) is 23.3 Å². The SMILES string of the molecule is CC(CN(C)C(C)Cc1cccs1)C(=O)O. The van der Waals surface area contributed by atoms with Gasteiger partial charge in [-0.3, -0.25) is 4.79 Å². The Bertz CT molecular complexity index is 324. The van der Waals surface area contributed by atoms with Crippen molar-refractivity contribution in [1.29, 1.82) is 0 Å². The molecule has 0 fully saturated rings. The lowest BCUT2D eigenvalue weighted by molar-refractivity contribution is -0.141. The quantitative estimate of drug-likeness (QED) is 0.831. The Kier molecular flexibility index (Phi) is 4.96. The summed E-state index contributed by atoms with van der Waals surface area (Å²) < 4.78 is 0. The first-order valence-corrected chi connectivity index (χ1v) is 6.34. The number of carboxylic acid groups (broad SMARTS) is 1. The van der Waals surface area contributed by atoms with Gasteiger partial charge in [-0.2, -0.15) is 0 Å². The fraction of sp³-hybridized carbons (Fsp3) is 0.583. The van der Waals surface area contributed by atoms with E-state index in [0.29, 0.717) is 12.6 Å². The number of likely N-dealkylation sites (N-methyl/N-ethyl adjacent to an activating group) is 1. The van der Waals surface area contributed by atoms with E-state index in [1.165, 1.54) is 4.88 Å². The molecular formula is C12H19NO2S. The topological polar surface area (TPSA) is 40.5 Å². The largest absolute Gasteiger partial charge is 0.481 e. The van der Waals surface area contributed by atoms with Gasteiger partial charge in [0.15, 0.2) is 0 Å². The van der Waals surface area contributed by atoms with Gasteiger partial charge < -0.3 is 10.0 Å². The average Bonchev–Trinajstić information content (AvgIpc) is 2.69. The van der Waals surface area contributed by atoms with Gasteiger partial charge >= 0.3 is 5.97 Å². The van der Waals surface area contributed by atoms with Crippen molar-refractivity contribution in [1.82, 2.24) is 4.90 Å². The van der Waals surface area contributed by atoms with Crippen molar-refractivity contribution in [3.8, 4) is 0 Å². The highest BCUT2D eigenvalue weighted by atomic mass is 32.1. The zero-order valence-corrected chi connectivity index (χ0v) is 10.8. The van der Waals surface area contributed by atoms with E-state index in [-0.39, 0.29) is 5.92 Å². The highest BCUT2D eigenvalue weighted by molar-refractivity contribution is 7.09. The maximum absolute atomic E-state index is 10.7. The Balaban J connectivity index is 2.41. The first-order chi connectivity index (χ1) is 7.50. The molecule has 2 atom stereocenters. The fourth-order valence-electron chi connectivity index (χ4n) is 1.57. The molecule has 0 saturated heterocycles. The van der Waals surface area contributed by atoms with Crippen LogP contribution in [0.2, 0.25) is 0 Å². The van der Waals surface area contributed by atoms with Crippen molar-refractivity contribution in [3.05, 3.63) is 22.4 Å². The smallest absolute Gasteiger partial charge is 0.307 e. The van der Waals surface area contributed by atoms with Crippen LogP contribution in [0, 0.1) is 5.92 Å². The molecule has 16 heavy (non-hydrogen) atoms. The second-order valence-corrected chi connectivity index (χ2v) is 5.34. The highest BCUT2D eigenvalue weighted by Crippen LogP contribution is 2.14. The van der Waals surface area contributed by atoms with E-state index < -0.39 is 5.97 Å². The maximum Gasteiger partial charge on any atom is 0.307 e. The van der Waals surface area contributed by atoms with Gasteiger partial charge in [-0.1, -0.05) is 13.0 Å². The summed E-state index contributed by atoms with van der Waals surface area (Å²) in [7, 11) is 1.98. The van der Waals surface area contributed by atoms with Gasteiger partial charge in [0.05, 0.1) is 5.92 Å². The van der Waals surface area contributed by atoms with Crippen molar-refractivity contribution >= 4 is 17.3 Å². The number of aliphatic carboxylic acids is 1. The third-order valence-electron chi connectivity index (χ3n) is 2.81. The van der Waals surface area contributed by atoms with Gasteiger partial charge in [-0.15, -0.1) is 11.3 Å². The molecule has 4 heteroatoms. The minimum absolute atomic E-state index is 0.309. The maximum atomic E-state index is 10.7. The number of hydrogen-bond donors (Lipinski definition) is 1. The summed E-state index contributed by atoms with van der Waals surface area (Å²) in [5.41, 5.74) is 0. The summed E-state index contributed by atoms with van der Waals surface area (Å²) in [6, 6.07) is 4.54. The molecule has 1 aromatic heterocycles. The molecule has 0 radical (unpaired) electrons. The van der Waals surface area contributed by atoms with Crippen LogP contribution in [0.5, 0.6) is 0 Å². The van der Waals surface area contributed by atoms with Crippen LogP contribution in [-0.4, -0.2) is 35.6 Å². The Morgan fingerprint density at radius 3 is 2.75 bits per heavy atom. The summed E-state index contributed by atoms with van der Waals surface area (Å²) in [6.07, 6.45) is 0.987. The Morgan fingerprint density at radius 1 is 1.56 bits per heavy atom. The van der Waals surface area contributed by atoms with Crippen LogP contribution >= 0.6 is 11.3 Å². The van der Waals surface area contributed by atoms with Crippen LogP contribution in [0.15, 0.2) is 17.5 Å². The van der Waals surface area contributed by atoms with Crippen LogP contribution < -0.4 is 0 Å². The normalized spacial score (nSPS) is 15.0. The molecule has 2 unspecified atom stereocenters. The molecule has 1 N–H and O–H groups in total. The Hall–Kier alpha value is -0.870. The van der Waals surface area contributed by atoms with Crippen molar-refractivity contribution < 1.29 is 9.90 Å². The van der Waals surface area contributed by atoms with Gasteiger partial charge in [0.2, 0.25) is 0 Å². The van der Waals surface area contributed by atoms with E-state index in [4.69, 9.17) is 5.11 Å². The minimum Gasteiger partial charge on any atom is -0.481 e. The molecule has 0 aliphatic heterocycles. The lowest BCUT2D eigenvalue weighted by Gasteiger charge is -2.25. The van der Waals surface area contributed by atoms with Gasteiger partial charge in [0.25, 0.3) is 0 Å². The van der Waals surface area contributed by atoms with Gasteiger partial charge in [0.1, 0.15) is 0 Å². The molecule has 1 heterocycles. The van der Waals surface area contributed by atoms with E-state index in [1.54, 1.807) is 18.3 Å². The first-order valence-electron chi connectivity index (χ1n) is 5.46. The highest BCUT2D eigenvalue weighted by Gasteiger charge is 2.17. The Labute approximate surface area is 101 Å². The van der Waals surface area contributed by atoms with Crippen molar-refractivity contribution in [2.24, 2.45) is 5.92 Å². The van der Waals surface area contributed by atoms with Gasteiger partial charge in [-0.25, -0.2) is 0 Å². The third kappa shape index (κ3) is 3.94. The number of thiophene rings is 1. The van der Waals surface area contributed by atoms with E-state index >= 15 is 0 Å². The lowest BCUT2D eigenvalue weighted by atomic mass is 10.1. The molecular weight excluding hydrogens is 222 g/mol. The zero-order chi connectivity index (χ0) is 12.1. The lowest BCUT2D eigenvalue weighted by Crippen LogP contribution is -2.36. The second kappa shape index (κ2) is 6.01. The molecule has 0 spiro atoms. The van der Waals surface area contributed by atoms with E-state index in [0.717, 1.165) is 6.42 Å². The Morgan fingerprint density at radius 2 is 2.25 bits per heavy atom. The number of rotatable bonds is 6. The number of carbonyl (C=O) groups is 1. The number of hydrogen-bond acceptors (Lipinski definition) is 3. The summed E-state index contributed by atoms with van der Waals surface area (Å²) in [6.45, 7) is 4.48. The molecule has 0 bridgehead atoms. The summed E-state index contributed by atoms with van der Waals surface area (Å²) in [5, 5.41) is 10.9.